The number of anilines is 6. The molecule has 2 saturated heterocycles. The van der Waals surface area contributed by atoms with Crippen molar-refractivity contribution in [2.75, 3.05) is 74.3 Å². The zero-order valence-electron chi connectivity index (χ0n) is 35.9. The number of hydrogen-bond acceptors (Lipinski definition) is 12. The molecule has 3 aliphatic heterocycles. The molecule has 0 bridgehead atoms. The van der Waals surface area contributed by atoms with Crippen molar-refractivity contribution in [3.8, 4) is 5.75 Å². The van der Waals surface area contributed by atoms with Crippen LogP contribution in [-0.2, 0) is 15.8 Å². The van der Waals surface area contributed by atoms with Gasteiger partial charge in [0.15, 0.2) is 6.23 Å². The van der Waals surface area contributed by atoms with E-state index < -0.39 is 41.7 Å². The van der Waals surface area contributed by atoms with E-state index in [1.54, 1.807) is 24.3 Å². The summed E-state index contributed by atoms with van der Waals surface area (Å²) in [6.07, 6.45) is 1.50. The second kappa shape index (κ2) is 20.4. The molecule has 4 amide bonds. The van der Waals surface area contributed by atoms with E-state index in [1.165, 1.54) is 37.3 Å². The minimum absolute atomic E-state index is 0.114. The molecule has 18 heteroatoms. The first-order valence-corrected chi connectivity index (χ1v) is 21.6. The van der Waals surface area contributed by atoms with E-state index in [-0.39, 0.29) is 41.5 Å². The van der Waals surface area contributed by atoms with E-state index in [1.807, 2.05) is 24.3 Å². The normalized spacial score (nSPS) is 17.8. The van der Waals surface area contributed by atoms with Crippen molar-refractivity contribution in [3.63, 3.8) is 0 Å². The molecule has 7 rings (SSSR count). The molecule has 3 aromatic carbocycles. The number of imide groups is 1. The Morgan fingerprint density at radius 2 is 1.61 bits per heavy atom. The summed E-state index contributed by atoms with van der Waals surface area (Å²) >= 11 is 0. The predicted molar refractivity (Wildman–Crippen MR) is 237 cm³/mol. The molecular weight excluding hydrogens is 832 g/mol. The van der Waals surface area contributed by atoms with Gasteiger partial charge in [-0.15, -0.1) is 0 Å². The largest absolute Gasteiger partial charge is 0.494 e. The van der Waals surface area contributed by atoms with Gasteiger partial charge in [0.2, 0.25) is 11.8 Å². The standard InChI is InChI=1S/C46H54F3N9O6/c1-50-42(60)30-12-7-8-14-33(30)53-36-27-39(52-28-32(36)46(47,48)49)54-34-17-16-29(26-38(34)64-2)57-24-22-56(23-25-57)21-10-6-4-3-5-9-20-51-35-15-11-13-31-41(35)45(63)58(44(31)62)37-18-19-40(59)55-43(37)61/h7-8,11-17,26-28,37,44,51,62H,3-6,9-10,18-25H2,1-2H3,(H,50,60)(H2,52,53,54)(H,55,59,61). The van der Waals surface area contributed by atoms with Crippen LogP contribution in [0.5, 0.6) is 5.75 Å². The van der Waals surface area contributed by atoms with Crippen LogP contribution >= 0.6 is 0 Å². The number of carbonyl (C=O) groups excluding carboxylic acids is 4. The van der Waals surface area contributed by atoms with Crippen molar-refractivity contribution in [2.45, 2.75) is 69.8 Å². The number of aliphatic hydroxyl groups is 1. The number of halogens is 3. The SMILES string of the molecule is CNC(=O)c1ccccc1Nc1cc(Nc2ccc(N3CCN(CCCCCCCCNc4cccc5c4C(=O)N(C4CCC(=O)NC4=O)C5O)CC3)cc2OC)ncc1C(F)(F)F. The van der Waals surface area contributed by atoms with Crippen molar-refractivity contribution in [1.82, 2.24) is 25.4 Å². The minimum atomic E-state index is -4.70. The summed E-state index contributed by atoms with van der Waals surface area (Å²) in [5.41, 5.74) is 2.12. The highest BCUT2D eigenvalue weighted by atomic mass is 19.4. The number of alkyl halides is 3. The number of aromatic nitrogens is 1. The molecule has 15 nitrogen and oxygen atoms in total. The maximum Gasteiger partial charge on any atom is 0.419 e. The second-order valence-electron chi connectivity index (χ2n) is 16.1. The zero-order chi connectivity index (χ0) is 45.4. The highest BCUT2D eigenvalue weighted by Crippen LogP contribution is 2.40. The number of ether oxygens (including phenoxy) is 1. The molecule has 0 radical (unpaired) electrons. The number of benzene rings is 3. The summed E-state index contributed by atoms with van der Waals surface area (Å²) in [6.45, 7) is 5.18. The van der Waals surface area contributed by atoms with Crippen LogP contribution in [0.3, 0.4) is 0 Å². The Morgan fingerprint density at radius 3 is 2.34 bits per heavy atom. The second-order valence-corrected chi connectivity index (χ2v) is 16.1. The number of piperidine rings is 1. The number of rotatable bonds is 18. The predicted octanol–water partition coefficient (Wildman–Crippen LogP) is 6.78. The van der Waals surface area contributed by atoms with Gasteiger partial charge in [-0.05, 0) is 56.1 Å². The minimum Gasteiger partial charge on any atom is -0.494 e. The first-order valence-electron chi connectivity index (χ1n) is 21.6. The molecule has 2 unspecified atom stereocenters. The fourth-order valence-electron chi connectivity index (χ4n) is 8.48. The van der Waals surface area contributed by atoms with Crippen LogP contribution in [0.15, 0.2) is 72.9 Å². The first kappa shape index (κ1) is 45.6. The van der Waals surface area contributed by atoms with Crippen molar-refractivity contribution >= 4 is 57.9 Å². The van der Waals surface area contributed by atoms with Gasteiger partial charge >= 0.3 is 6.18 Å². The number of amides is 4. The molecule has 2 atom stereocenters. The van der Waals surface area contributed by atoms with Crippen molar-refractivity contribution in [3.05, 3.63) is 95.2 Å². The van der Waals surface area contributed by atoms with Gasteiger partial charge in [-0.1, -0.05) is 49.9 Å². The molecule has 64 heavy (non-hydrogen) atoms. The molecule has 4 aromatic rings. The number of aliphatic hydroxyl groups excluding tert-OH is 1. The van der Waals surface area contributed by atoms with Gasteiger partial charge in [0.25, 0.3) is 11.8 Å². The summed E-state index contributed by atoms with van der Waals surface area (Å²) in [7, 11) is 2.99. The number of nitrogens with zero attached hydrogens (tertiary/aromatic N) is 4. The number of pyridine rings is 1. The average molecular weight is 886 g/mol. The molecule has 1 aromatic heterocycles. The number of unbranched alkanes of at least 4 members (excludes halogenated alkanes) is 5. The van der Waals surface area contributed by atoms with Gasteiger partial charge in [-0.2, -0.15) is 13.2 Å². The van der Waals surface area contributed by atoms with Gasteiger partial charge in [0.05, 0.1) is 40.9 Å². The number of hydrogen-bond donors (Lipinski definition) is 6. The summed E-state index contributed by atoms with van der Waals surface area (Å²) in [6, 6.07) is 17.6. The van der Waals surface area contributed by atoms with Crippen LogP contribution in [0, 0.1) is 0 Å². The smallest absolute Gasteiger partial charge is 0.419 e. The Kier molecular flexibility index (Phi) is 14.5. The van der Waals surface area contributed by atoms with Gasteiger partial charge < -0.3 is 36.0 Å². The quantitative estimate of drug-likeness (QED) is 0.0456. The molecule has 4 heterocycles. The molecule has 0 saturated carbocycles. The third-order valence-corrected chi connectivity index (χ3v) is 11.9. The number of nitrogens with one attached hydrogen (secondary N) is 5. The maximum absolute atomic E-state index is 14.0. The van der Waals surface area contributed by atoms with Gasteiger partial charge in [0.1, 0.15) is 17.6 Å². The van der Waals surface area contributed by atoms with E-state index in [9.17, 15) is 37.5 Å². The summed E-state index contributed by atoms with van der Waals surface area (Å²) in [5, 5.41) is 25.0. The van der Waals surface area contributed by atoms with Gasteiger partial charge in [-0.3, -0.25) is 34.3 Å². The van der Waals surface area contributed by atoms with Crippen LogP contribution in [-0.4, -0.2) is 103 Å². The van der Waals surface area contributed by atoms with E-state index in [0.29, 0.717) is 34.8 Å². The Labute approximate surface area is 369 Å². The Morgan fingerprint density at radius 1 is 0.875 bits per heavy atom. The van der Waals surface area contributed by atoms with E-state index in [0.717, 1.165) is 83.1 Å². The molecular formula is C46H54F3N9O6. The zero-order valence-corrected chi connectivity index (χ0v) is 35.9. The summed E-state index contributed by atoms with van der Waals surface area (Å²) < 4.78 is 47.8. The molecule has 0 spiro atoms. The Bertz CT molecular complexity index is 2340. The van der Waals surface area contributed by atoms with E-state index >= 15 is 0 Å². The lowest BCUT2D eigenvalue weighted by molar-refractivity contribution is -0.140. The Hall–Kier alpha value is -6.40. The lowest BCUT2D eigenvalue weighted by Crippen LogP contribution is -2.53. The highest BCUT2D eigenvalue weighted by Gasteiger charge is 2.45. The lowest BCUT2D eigenvalue weighted by atomic mass is 10.0. The third-order valence-electron chi connectivity index (χ3n) is 11.9. The third kappa shape index (κ3) is 10.5. The number of methoxy groups -OCH3 is 1. The van der Waals surface area contributed by atoms with E-state index in [2.05, 4.69) is 41.4 Å². The van der Waals surface area contributed by atoms with Gasteiger partial charge in [-0.25, -0.2) is 4.98 Å². The monoisotopic (exact) mass is 885 g/mol. The van der Waals surface area contributed by atoms with Crippen molar-refractivity contribution < 1.29 is 42.2 Å². The molecule has 340 valence electrons. The van der Waals surface area contributed by atoms with Crippen LogP contribution in [0.1, 0.15) is 89.4 Å². The molecule has 3 aliphatic rings. The Balaban J connectivity index is 0.826. The average Bonchev–Trinajstić information content (AvgIpc) is 3.54. The fourth-order valence-corrected chi connectivity index (χ4v) is 8.48. The summed E-state index contributed by atoms with van der Waals surface area (Å²) in [4.78, 5) is 59.9. The number of piperazine rings is 1. The van der Waals surface area contributed by atoms with Crippen molar-refractivity contribution in [1.29, 1.82) is 0 Å². The molecule has 0 aliphatic carbocycles. The fraction of sp³-hybridized carbons (Fsp3) is 0.413. The van der Waals surface area contributed by atoms with E-state index in [4.69, 9.17) is 4.74 Å². The molecule has 2 fully saturated rings. The number of carbonyl (C=O) groups is 4. The summed E-state index contributed by atoms with van der Waals surface area (Å²) in [5.74, 6) is -1.15. The lowest BCUT2D eigenvalue weighted by Gasteiger charge is -2.36. The molecule has 6 N–H and O–H groups in total. The number of para-hydroxylation sites is 1. The first-order chi connectivity index (χ1) is 30.9. The number of fused-ring (bicyclic) bond motifs is 1. The van der Waals surface area contributed by atoms with Crippen LogP contribution in [0.4, 0.5) is 47.4 Å². The van der Waals surface area contributed by atoms with Crippen LogP contribution in [0.2, 0.25) is 0 Å². The highest BCUT2D eigenvalue weighted by molar-refractivity contribution is 6.08. The van der Waals surface area contributed by atoms with Crippen LogP contribution in [0.25, 0.3) is 0 Å². The van der Waals surface area contributed by atoms with Crippen molar-refractivity contribution in [2.24, 2.45) is 0 Å². The van der Waals surface area contributed by atoms with Crippen LogP contribution < -0.4 is 36.2 Å². The topological polar surface area (TPSA) is 180 Å². The van der Waals surface area contributed by atoms with Gasteiger partial charge in [0, 0.05) is 81.5 Å². The maximum atomic E-state index is 14.0.